The molecule has 51 heavy (non-hydrogen) atoms. The fraction of sp³-hybridized carbons (Fsp3) is 0.106. The van der Waals surface area contributed by atoms with Gasteiger partial charge in [-0.15, -0.1) is 0 Å². The maximum Gasteiger partial charge on any atom is 0.0972 e. The fourth-order valence-corrected chi connectivity index (χ4v) is 6.26. The summed E-state index contributed by atoms with van der Waals surface area (Å²) in [6.07, 6.45) is 21.6. The molecule has 252 valence electrons. The van der Waals surface area contributed by atoms with Crippen molar-refractivity contribution < 1.29 is 0 Å². The lowest BCUT2D eigenvalue weighted by molar-refractivity contribution is 1.01. The van der Waals surface area contributed by atoms with Gasteiger partial charge in [-0.3, -0.25) is 4.98 Å². The highest BCUT2D eigenvalue weighted by Gasteiger charge is 2.14. The number of hydrogen-bond acceptors (Lipinski definition) is 3. The molecule has 0 aliphatic heterocycles. The number of para-hydroxylation sites is 1. The standard InChI is InChI=1S/C27H26N2.C18H12N2.C2H6/c1-4-5-8-13-20(2)23-18-24-22-16-11-12-17-26(22)29(3)27(24)19-25(23)28-21-14-9-6-7-10-15-21;1-2-5-13(6-3-1)16-11-10-15-9-8-14-7-4-12-19-17(14)18(15)20-16;1-2/h4-6,8-19,28H,2,7H2,1,3H3;1-12H;1-2H3/b5-4-,13-8-;;. The summed E-state index contributed by atoms with van der Waals surface area (Å²) < 4.78 is 2.26. The summed E-state index contributed by atoms with van der Waals surface area (Å²) in [5.41, 5.74) is 10.7. The molecule has 4 aromatic carbocycles. The molecule has 0 saturated heterocycles. The molecule has 1 aliphatic carbocycles. The molecule has 1 aliphatic rings. The second-order valence-electron chi connectivity index (χ2n) is 12.0. The predicted molar refractivity (Wildman–Crippen MR) is 222 cm³/mol. The monoisotopic (exact) mass is 664 g/mol. The molecule has 0 unspecified atom stereocenters. The van der Waals surface area contributed by atoms with Crippen LogP contribution in [-0.2, 0) is 7.05 Å². The number of anilines is 1. The van der Waals surface area contributed by atoms with Gasteiger partial charge in [-0.25, -0.2) is 4.98 Å². The molecule has 0 atom stereocenters. The van der Waals surface area contributed by atoms with Gasteiger partial charge in [0.15, 0.2) is 0 Å². The van der Waals surface area contributed by atoms with Crippen LogP contribution in [0, 0.1) is 0 Å². The molecule has 0 fully saturated rings. The summed E-state index contributed by atoms with van der Waals surface area (Å²) in [4.78, 5) is 9.29. The number of hydrogen-bond donors (Lipinski definition) is 1. The van der Waals surface area contributed by atoms with Crippen molar-refractivity contribution in [3.8, 4) is 11.3 Å². The molecule has 0 spiro atoms. The molecule has 8 rings (SSSR count). The van der Waals surface area contributed by atoms with Crippen LogP contribution in [-0.4, -0.2) is 14.5 Å². The summed E-state index contributed by atoms with van der Waals surface area (Å²) >= 11 is 0. The van der Waals surface area contributed by atoms with Crippen LogP contribution in [0.25, 0.3) is 60.4 Å². The number of allylic oxidation sites excluding steroid dienone is 10. The third-order valence-corrected chi connectivity index (χ3v) is 8.76. The Labute approximate surface area is 301 Å². The maximum atomic E-state index is 4.81. The lowest BCUT2D eigenvalue weighted by Crippen LogP contribution is -2.00. The first-order valence-corrected chi connectivity index (χ1v) is 17.6. The molecular weight excluding hydrogens is 621 g/mol. The highest BCUT2D eigenvalue weighted by atomic mass is 14.9. The zero-order valence-corrected chi connectivity index (χ0v) is 29.8. The van der Waals surface area contributed by atoms with Crippen LogP contribution >= 0.6 is 0 Å². The van der Waals surface area contributed by atoms with Crippen molar-refractivity contribution in [2.45, 2.75) is 27.2 Å². The Morgan fingerprint density at radius 2 is 1.55 bits per heavy atom. The summed E-state index contributed by atoms with van der Waals surface area (Å²) in [5, 5.41) is 8.37. The lowest BCUT2D eigenvalue weighted by atomic mass is 10.0. The summed E-state index contributed by atoms with van der Waals surface area (Å²) in [6, 6.07) is 35.7. The normalized spacial score (nSPS) is 12.5. The molecule has 0 bridgehead atoms. The zero-order chi connectivity index (χ0) is 35.6. The minimum atomic E-state index is 0.954. The summed E-state index contributed by atoms with van der Waals surface area (Å²) in [7, 11) is 2.13. The molecule has 0 amide bonds. The van der Waals surface area contributed by atoms with Crippen LogP contribution < -0.4 is 5.32 Å². The predicted octanol–water partition coefficient (Wildman–Crippen LogP) is 12.8. The summed E-state index contributed by atoms with van der Waals surface area (Å²) in [6.45, 7) is 10.4. The third-order valence-electron chi connectivity index (χ3n) is 8.76. The van der Waals surface area contributed by atoms with E-state index in [0.29, 0.717) is 0 Å². The van der Waals surface area contributed by atoms with Gasteiger partial charge in [0.1, 0.15) is 0 Å². The van der Waals surface area contributed by atoms with Crippen molar-refractivity contribution in [3.63, 3.8) is 0 Å². The van der Waals surface area contributed by atoms with E-state index in [4.69, 9.17) is 4.98 Å². The van der Waals surface area contributed by atoms with Gasteiger partial charge in [-0.2, -0.15) is 0 Å². The number of benzene rings is 4. The number of pyridine rings is 2. The molecule has 0 radical (unpaired) electrons. The Kier molecular flexibility index (Phi) is 11.1. The van der Waals surface area contributed by atoms with Gasteiger partial charge in [0.05, 0.1) is 22.2 Å². The Bertz CT molecular complexity index is 2470. The molecule has 3 aromatic heterocycles. The SMILES string of the molecule is C=C(/C=C\C=C/C)c1cc2c3ccccc3n(C)c2cc1NC1=CC=CCC=C1.CC.c1ccc(-c2ccc3ccc4cccnc4c3n2)cc1. The van der Waals surface area contributed by atoms with E-state index in [9.17, 15) is 0 Å². The third kappa shape index (κ3) is 7.66. The number of nitrogens with zero attached hydrogens (tertiary/aromatic N) is 3. The smallest absolute Gasteiger partial charge is 0.0972 e. The van der Waals surface area contributed by atoms with Gasteiger partial charge in [0.25, 0.3) is 0 Å². The van der Waals surface area contributed by atoms with Crippen molar-refractivity contribution in [2.75, 3.05) is 5.32 Å². The number of fused-ring (bicyclic) bond motifs is 6. The molecule has 1 N–H and O–H groups in total. The minimum Gasteiger partial charge on any atom is -0.355 e. The van der Waals surface area contributed by atoms with Crippen molar-refractivity contribution in [2.24, 2.45) is 7.05 Å². The van der Waals surface area contributed by atoms with E-state index in [2.05, 4.69) is 144 Å². The van der Waals surface area contributed by atoms with E-state index in [1.54, 1.807) is 0 Å². The molecule has 0 saturated carbocycles. The van der Waals surface area contributed by atoms with Crippen molar-refractivity contribution in [1.82, 2.24) is 14.5 Å². The van der Waals surface area contributed by atoms with Crippen LogP contribution in [0.3, 0.4) is 0 Å². The van der Waals surface area contributed by atoms with Crippen molar-refractivity contribution in [1.29, 1.82) is 0 Å². The fourth-order valence-electron chi connectivity index (χ4n) is 6.26. The second-order valence-corrected chi connectivity index (χ2v) is 12.0. The van der Waals surface area contributed by atoms with E-state index in [1.165, 1.54) is 21.8 Å². The van der Waals surface area contributed by atoms with Crippen LogP contribution in [0.5, 0.6) is 0 Å². The van der Waals surface area contributed by atoms with Crippen LogP contribution in [0.2, 0.25) is 0 Å². The number of rotatable bonds is 6. The van der Waals surface area contributed by atoms with E-state index >= 15 is 0 Å². The lowest BCUT2D eigenvalue weighted by Gasteiger charge is -2.14. The van der Waals surface area contributed by atoms with Crippen LogP contribution in [0.15, 0.2) is 176 Å². The number of aryl methyl sites for hydroxylation is 1. The topological polar surface area (TPSA) is 42.7 Å². The van der Waals surface area contributed by atoms with Crippen molar-refractivity contribution in [3.05, 3.63) is 182 Å². The van der Waals surface area contributed by atoms with Gasteiger partial charge < -0.3 is 9.88 Å². The average Bonchev–Trinajstić information content (AvgIpc) is 3.30. The zero-order valence-electron chi connectivity index (χ0n) is 29.8. The maximum absolute atomic E-state index is 4.81. The first-order chi connectivity index (χ1) is 25.1. The van der Waals surface area contributed by atoms with E-state index in [-0.39, 0.29) is 0 Å². The van der Waals surface area contributed by atoms with Gasteiger partial charge >= 0.3 is 0 Å². The molecule has 4 heteroatoms. The number of nitrogens with one attached hydrogen (secondary N) is 1. The van der Waals surface area contributed by atoms with Gasteiger partial charge in [-0.05, 0) is 61.4 Å². The minimum absolute atomic E-state index is 0.954. The second kappa shape index (κ2) is 16.4. The number of aromatic nitrogens is 3. The molecular formula is C47H44N4. The first-order valence-electron chi connectivity index (χ1n) is 17.6. The largest absolute Gasteiger partial charge is 0.355 e. The van der Waals surface area contributed by atoms with Crippen LogP contribution in [0.1, 0.15) is 32.8 Å². The van der Waals surface area contributed by atoms with E-state index in [0.717, 1.165) is 62.0 Å². The Hall–Kier alpha value is -6.26. The first kappa shape index (κ1) is 34.6. The molecule has 7 aromatic rings. The average molecular weight is 665 g/mol. The van der Waals surface area contributed by atoms with Gasteiger partial charge in [0.2, 0.25) is 0 Å². The van der Waals surface area contributed by atoms with E-state index < -0.39 is 0 Å². The van der Waals surface area contributed by atoms with E-state index in [1.807, 2.05) is 69.5 Å². The summed E-state index contributed by atoms with van der Waals surface area (Å²) in [5.74, 6) is 0. The Morgan fingerprint density at radius 1 is 0.784 bits per heavy atom. The Morgan fingerprint density at radius 3 is 2.37 bits per heavy atom. The highest BCUT2D eigenvalue weighted by Crippen LogP contribution is 2.36. The molecule has 4 nitrogen and oxygen atoms in total. The van der Waals surface area contributed by atoms with Crippen molar-refractivity contribution >= 4 is 54.9 Å². The van der Waals surface area contributed by atoms with Gasteiger partial charge in [-0.1, -0.05) is 136 Å². The molecule has 3 heterocycles. The highest BCUT2D eigenvalue weighted by molar-refractivity contribution is 6.10. The van der Waals surface area contributed by atoms with Gasteiger partial charge in [0, 0.05) is 62.8 Å². The Balaban J connectivity index is 0.000000177. The van der Waals surface area contributed by atoms with Crippen LogP contribution in [0.4, 0.5) is 5.69 Å². The quantitative estimate of drug-likeness (QED) is 0.142.